The van der Waals surface area contributed by atoms with E-state index >= 15 is 0 Å². The summed E-state index contributed by atoms with van der Waals surface area (Å²) < 4.78 is 30.1. The number of pyridine rings is 1. The fourth-order valence-corrected chi connectivity index (χ4v) is 6.92. The maximum atomic E-state index is 13.3. The van der Waals surface area contributed by atoms with Crippen molar-refractivity contribution in [3.05, 3.63) is 117 Å². The first-order chi connectivity index (χ1) is 20.2. The third kappa shape index (κ3) is 5.51. The van der Waals surface area contributed by atoms with Crippen LogP contribution in [0.1, 0.15) is 5.69 Å². The summed E-state index contributed by atoms with van der Waals surface area (Å²) in [5.74, 6) is 0. The van der Waals surface area contributed by atoms with Gasteiger partial charge in [0.05, 0.1) is 21.2 Å². The van der Waals surface area contributed by atoms with E-state index in [1.54, 1.807) is 0 Å². The number of fused-ring (bicyclic) bond motifs is 1. The van der Waals surface area contributed by atoms with Gasteiger partial charge in [-0.2, -0.15) is 4.31 Å². The summed E-state index contributed by atoms with van der Waals surface area (Å²) in [5, 5.41) is 11.8. The van der Waals surface area contributed by atoms with Crippen molar-refractivity contribution in [2.45, 2.75) is 11.4 Å². The molecule has 0 spiro atoms. The summed E-state index contributed by atoms with van der Waals surface area (Å²) in [7, 11) is -3.93. The predicted molar refractivity (Wildman–Crippen MR) is 163 cm³/mol. The summed E-state index contributed by atoms with van der Waals surface area (Å²) in [5.41, 5.74) is 5.26. The number of hydrogen-bond donors (Lipinski definition) is 0. The second-order valence-electron chi connectivity index (χ2n) is 9.98. The van der Waals surface area contributed by atoms with Crippen molar-refractivity contribution in [3.63, 3.8) is 0 Å². The molecule has 0 saturated carbocycles. The molecule has 0 aliphatic carbocycles. The zero-order chi connectivity index (χ0) is 29.4. The zero-order valence-corrected chi connectivity index (χ0v) is 24.6. The van der Waals surface area contributed by atoms with Crippen LogP contribution in [0.4, 0.5) is 5.69 Å². The van der Waals surface area contributed by atoms with Gasteiger partial charge in [-0.05, 0) is 47.5 Å². The normalized spacial score (nSPS) is 14.8. The number of sulfonamides is 1. The van der Waals surface area contributed by atoms with Gasteiger partial charge < -0.3 is 4.40 Å². The third-order valence-corrected chi connectivity index (χ3v) is 9.87. The Morgan fingerprint density at radius 2 is 1.52 bits per heavy atom. The molecule has 6 rings (SSSR count). The Morgan fingerprint density at radius 3 is 2.21 bits per heavy atom. The third-order valence-electron chi connectivity index (χ3n) is 7.40. The van der Waals surface area contributed by atoms with Crippen molar-refractivity contribution in [1.29, 1.82) is 0 Å². The van der Waals surface area contributed by atoms with Crippen molar-refractivity contribution in [3.8, 4) is 22.4 Å². The average molecular weight is 623 g/mol. The number of benzene rings is 3. The molecule has 3 heterocycles. The second-order valence-corrected chi connectivity index (χ2v) is 12.8. The molecule has 1 aliphatic heterocycles. The largest absolute Gasteiger partial charge is 0.301 e. The Hall–Kier alpha value is -3.80. The Labute approximate surface area is 252 Å². The van der Waals surface area contributed by atoms with E-state index in [1.165, 1.54) is 16.4 Å². The highest BCUT2D eigenvalue weighted by atomic mass is 35.5. The maximum absolute atomic E-state index is 13.3. The number of aromatic nitrogens is 2. The van der Waals surface area contributed by atoms with Gasteiger partial charge in [0.1, 0.15) is 10.7 Å². The lowest BCUT2D eigenvalue weighted by molar-refractivity contribution is -0.384. The minimum Gasteiger partial charge on any atom is -0.301 e. The number of piperazine rings is 1. The van der Waals surface area contributed by atoms with Crippen LogP contribution in [0.15, 0.2) is 96.0 Å². The molecule has 0 N–H and O–H groups in total. The summed E-state index contributed by atoms with van der Waals surface area (Å²) in [6, 6.07) is 25.3. The van der Waals surface area contributed by atoms with Crippen LogP contribution in [0.5, 0.6) is 0 Å². The van der Waals surface area contributed by atoms with Crippen LogP contribution in [-0.2, 0) is 16.6 Å². The zero-order valence-electron chi connectivity index (χ0n) is 22.2. The molecule has 214 valence electrons. The van der Waals surface area contributed by atoms with Gasteiger partial charge in [0, 0.05) is 55.6 Å². The molecule has 12 heteroatoms. The summed E-state index contributed by atoms with van der Waals surface area (Å²) >= 11 is 12.1. The molecule has 42 heavy (non-hydrogen) atoms. The molecular weight excluding hydrogens is 597 g/mol. The Kier molecular flexibility index (Phi) is 7.73. The minimum atomic E-state index is -3.93. The minimum absolute atomic E-state index is 0.108. The van der Waals surface area contributed by atoms with Gasteiger partial charge in [0.2, 0.25) is 10.0 Å². The van der Waals surface area contributed by atoms with E-state index < -0.39 is 20.6 Å². The highest BCUT2D eigenvalue weighted by molar-refractivity contribution is 7.89. The lowest BCUT2D eigenvalue weighted by atomic mass is 10.1. The van der Waals surface area contributed by atoms with E-state index in [2.05, 4.69) is 33.7 Å². The Bertz CT molecular complexity index is 1890. The van der Waals surface area contributed by atoms with Gasteiger partial charge in [-0.25, -0.2) is 13.4 Å². The lowest BCUT2D eigenvalue weighted by Crippen LogP contribution is -2.48. The van der Waals surface area contributed by atoms with E-state index in [0.717, 1.165) is 39.8 Å². The number of nitro benzene ring substituents is 1. The molecule has 3 aromatic carbocycles. The second kappa shape index (κ2) is 11.5. The predicted octanol–water partition coefficient (Wildman–Crippen LogP) is 6.39. The van der Waals surface area contributed by atoms with Gasteiger partial charge in [0.15, 0.2) is 0 Å². The number of nitrogens with zero attached hydrogens (tertiary/aromatic N) is 5. The van der Waals surface area contributed by atoms with E-state index in [1.807, 2.05) is 48.5 Å². The number of rotatable bonds is 7. The topological polar surface area (TPSA) is 101 Å². The molecule has 0 unspecified atom stereocenters. The van der Waals surface area contributed by atoms with Crippen LogP contribution < -0.4 is 0 Å². The van der Waals surface area contributed by atoms with Crippen LogP contribution in [0.3, 0.4) is 0 Å². The summed E-state index contributed by atoms with van der Waals surface area (Å²) in [6.07, 6.45) is 2.08. The highest BCUT2D eigenvalue weighted by Gasteiger charge is 2.31. The maximum Gasteiger partial charge on any atom is 0.289 e. The standard InChI is InChI=1S/C30H25Cl2N5O4S/c31-24-9-6-22(7-10-24)30-28(36-19-23(8-13-29(36)33-30)21-4-2-1-3-5-21)20-34-14-16-35(17-15-34)42(40,41)25-11-12-26(32)27(18-25)37(38)39/h1-13,18-19H,14-17,20H2. The quantitative estimate of drug-likeness (QED) is 0.154. The fraction of sp³-hybridized carbons (Fsp3) is 0.167. The lowest BCUT2D eigenvalue weighted by Gasteiger charge is -2.34. The molecule has 5 aromatic rings. The first kappa shape index (κ1) is 28.3. The Morgan fingerprint density at radius 1 is 0.833 bits per heavy atom. The first-order valence-electron chi connectivity index (χ1n) is 13.2. The molecular formula is C30H25Cl2N5O4S. The molecule has 9 nitrogen and oxygen atoms in total. The van der Waals surface area contributed by atoms with Crippen LogP contribution in [0.2, 0.25) is 10.0 Å². The molecule has 0 atom stereocenters. The average Bonchev–Trinajstić information content (AvgIpc) is 3.35. The number of halogens is 2. The van der Waals surface area contributed by atoms with Crippen molar-refractivity contribution >= 4 is 44.6 Å². The van der Waals surface area contributed by atoms with Gasteiger partial charge in [-0.15, -0.1) is 0 Å². The van der Waals surface area contributed by atoms with Crippen LogP contribution in [0.25, 0.3) is 28.0 Å². The number of hydrogen-bond acceptors (Lipinski definition) is 6. The van der Waals surface area contributed by atoms with Crippen molar-refractivity contribution in [2.24, 2.45) is 0 Å². The van der Waals surface area contributed by atoms with Crippen LogP contribution in [-0.4, -0.2) is 58.1 Å². The smallest absolute Gasteiger partial charge is 0.289 e. The Balaban J connectivity index is 1.29. The number of imidazole rings is 1. The highest BCUT2D eigenvalue weighted by Crippen LogP contribution is 2.31. The van der Waals surface area contributed by atoms with Gasteiger partial charge in [0.25, 0.3) is 5.69 Å². The molecule has 1 fully saturated rings. The van der Waals surface area contributed by atoms with Gasteiger partial charge >= 0.3 is 0 Å². The van der Waals surface area contributed by atoms with Gasteiger partial charge in [-0.1, -0.05) is 65.7 Å². The molecule has 0 bridgehead atoms. The van der Waals surface area contributed by atoms with E-state index in [0.29, 0.717) is 24.7 Å². The van der Waals surface area contributed by atoms with Crippen molar-refractivity contribution in [2.75, 3.05) is 26.2 Å². The fourth-order valence-electron chi connectivity index (χ4n) is 5.17. The van der Waals surface area contributed by atoms with E-state index in [-0.39, 0.29) is 23.0 Å². The summed E-state index contributed by atoms with van der Waals surface area (Å²) in [6.45, 7) is 1.96. The van der Waals surface area contributed by atoms with Crippen molar-refractivity contribution in [1.82, 2.24) is 18.6 Å². The van der Waals surface area contributed by atoms with Crippen molar-refractivity contribution < 1.29 is 13.3 Å². The molecule has 0 radical (unpaired) electrons. The molecule has 1 saturated heterocycles. The van der Waals surface area contributed by atoms with Gasteiger partial charge in [-0.3, -0.25) is 15.0 Å². The first-order valence-corrected chi connectivity index (χ1v) is 15.4. The van der Waals surface area contributed by atoms with E-state index in [4.69, 9.17) is 28.2 Å². The summed E-state index contributed by atoms with van der Waals surface area (Å²) in [4.78, 5) is 17.6. The van der Waals surface area contributed by atoms with Crippen LogP contribution in [0, 0.1) is 10.1 Å². The molecule has 0 amide bonds. The molecule has 2 aromatic heterocycles. The van der Waals surface area contributed by atoms with Crippen LogP contribution >= 0.6 is 23.2 Å². The number of nitro groups is 1. The molecule has 1 aliphatic rings. The SMILES string of the molecule is O=[N+]([O-])c1cc(S(=O)(=O)N2CCN(Cc3c(-c4ccc(Cl)cc4)nc4ccc(-c5ccccc5)cn34)CC2)ccc1Cl. The van der Waals surface area contributed by atoms with E-state index in [9.17, 15) is 18.5 Å². The monoisotopic (exact) mass is 621 g/mol.